The third-order valence-electron chi connectivity index (χ3n) is 7.06. The third-order valence-corrected chi connectivity index (χ3v) is 7.06. The van der Waals surface area contributed by atoms with Crippen LogP contribution in [0.5, 0.6) is 11.5 Å². The first-order valence-corrected chi connectivity index (χ1v) is 13.5. The van der Waals surface area contributed by atoms with Gasteiger partial charge in [0.1, 0.15) is 29.1 Å². The van der Waals surface area contributed by atoms with Crippen LogP contribution in [0.15, 0.2) is 70.9 Å². The Bertz CT molecular complexity index is 1800. The van der Waals surface area contributed by atoms with Crippen molar-refractivity contribution >= 4 is 34.6 Å². The Kier molecular flexibility index (Phi) is 8.41. The molecule has 4 aromatic rings. The van der Waals surface area contributed by atoms with Gasteiger partial charge in [-0.05, 0) is 37.1 Å². The number of nitrogens with one attached hydrogen (secondary N) is 2. The zero-order valence-corrected chi connectivity index (χ0v) is 23.5. The van der Waals surface area contributed by atoms with Crippen molar-refractivity contribution in [3.05, 3.63) is 99.6 Å². The molecule has 4 N–H and O–H groups in total. The fraction of sp³-hybridized carbons (Fsp3) is 0.188. The summed E-state index contributed by atoms with van der Waals surface area (Å²) in [4.78, 5) is 31.4. The highest BCUT2D eigenvalue weighted by atomic mass is 16.5. The van der Waals surface area contributed by atoms with Crippen molar-refractivity contribution < 1.29 is 24.5 Å². The molecular weight excluding hydrogens is 548 g/mol. The Balaban J connectivity index is 1.56. The standard InChI is InChI=1S/C32H28N6O5/c1-18-21(17-33)31(35-15-16-43-2)36-32(34-14-13-19-7-4-3-5-8-19)28(18)38-37-22-10-6-9-20-25(22)30(42)27-24(40)12-11-23(39)26(27)29(20)41/h3-12,39-40H,13-16H2,1-2H3,(H2,34,35,36)/b38-37+. The zero-order chi connectivity index (χ0) is 30.5. The van der Waals surface area contributed by atoms with Crippen LogP contribution in [0.2, 0.25) is 0 Å². The molecule has 0 saturated carbocycles. The Morgan fingerprint density at radius 3 is 2.26 bits per heavy atom. The van der Waals surface area contributed by atoms with Gasteiger partial charge in [0, 0.05) is 31.3 Å². The Labute approximate surface area is 247 Å². The minimum absolute atomic E-state index is 0.0290. The first-order valence-electron chi connectivity index (χ1n) is 13.5. The summed E-state index contributed by atoms with van der Waals surface area (Å²) in [7, 11) is 1.58. The van der Waals surface area contributed by atoms with Gasteiger partial charge in [-0.3, -0.25) is 9.59 Å². The Morgan fingerprint density at radius 1 is 0.860 bits per heavy atom. The quantitative estimate of drug-likeness (QED) is 0.0942. The number of methoxy groups -OCH3 is 1. The lowest BCUT2D eigenvalue weighted by Crippen LogP contribution is -2.21. The second-order valence-electron chi connectivity index (χ2n) is 9.76. The summed E-state index contributed by atoms with van der Waals surface area (Å²) in [6.07, 6.45) is 0.698. The van der Waals surface area contributed by atoms with Crippen molar-refractivity contribution in [2.24, 2.45) is 10.2 Å². The Morgan fingerprint density at radius 2 is 1.56 bits per heavy atom. The molecule has 0 fully saturated rings. The van der Waals surface area contributed by atoms with Crippen molar-refractivity contribution in [1.82, 2.24) is 4.98 Å². The molecule has 43 heavy (non-hydrogen) atoms. The number of hydrogen-bond acceptors (Lipinski definition) is 11. The van der Waals surface area contributed by atoms with Gasteiger partial charge in [-0.2, -0.15) is 5.26 Å². The van der Waals surface area contributed by atoms with Crippen LogP contribution in [0.3, 0.4) is 0 Å². The number of azo groups is 1. The topological polar surface area (TPSA) is 169 Å². The SMILES string of the molecule is COCCNc1nc(NCCc2ccccc2)c(/N=N/c2cccc3c2C(=O)c2c(O)ccc(O)c2C3=O)c(C)c1C#N. The molecule has 0 saturated heterocycles. The van der Waals surface area contributed by atoms with Crippen LogP contribution in [0.4, 0.5) is 23.0 Å². The maximum absolute atomic E-state index is 13.5. The summed E-state index contributed by atoms with van der Waals surface area (Å²) >= 11 is 0. The maximum atomic E-state index is 13.5. The van der Waals surface area contributed by atoms with Gasteiger partial charge in [0.2, 0.25) is 5.78 Å². The molecule has 0 amide bonds. The molecule has 1 aliphatic carbocycles. The number of phenols is 2. The van der Waals surface area contributed by atoms with E-state index in [0.717, 1.165) is 17.7 Å². The number of anilines is 2. The normalized spacial score (nSPS) is 12.1. The number of ether oxygens (including phenoxy) is 1. The van der Waals surface area contributed by atoms with Crippen molar-refractivity contribution in [2.45, 2.75) is 13.3 Å². The third kappa shape index (κ3) is 5.64. The first kappa shape index (κ1) is 28.9. The molecule has 5 rings (SSSR count). The van der Waals surface area contributed by atoms with Crippen LogP contribution in [0.1, 0.15) is 48.5 Å². The number of phenolic OH excluding ortho intramolecular Hbond substituents is 2. The Hall–Kier alpha value is -5.60. The summed E-state index contributed by atoms with van der Waals surface area (Å²) in [5.41, 5.74) is 1.70. The number of fused-ring (bicyclic) bond motifs is 2. The highest BCUT2D eigenvalue weighted by Crippen LogP contribution is 2.41. The molecule has 0 spiro atoms. The van der Waals surface area contributed by atoms with E-state index >= 15 is 0 Å². The van der Waals surface area contributed by atoms with Gasteiger partial charge in [-0.25, -0.2) is 4.98 Å². The van der Waals surface area contributed by atoms with Crippen molar-refractivity contribution in [3.8, 4) is 17.6 Å². The summed E-state index contributed by atoms with van der Waals surface area (Å²) in [6, 6.07) is 18.9. The van der Waals surface area contributed by atoms with Crippen molar-refractivity contribution in [1.29, 1.82) is 5.26 Å². The molecule has 3 aromatic carbocycles. The molecule has 1 aliphatic rings. The van der Waals surface area contributed by atoms with Crippen LogP contribution in [0.25, 0.3) is 0 Å². The lowest BCUT2D eigenvalue weighted by atomic mass is 9.82. The predicted octanol–water partition coefficient (Wildman–Crippen LogP) is 5.58. The minimum Gasteiger partial charge on any atom is -0.507 e. The molecule has 0 radical (unpaired) electrons. The second-order valence-corrected chi connectivity index (χ2v) is 9.76. The van der Waals surface area contributed by atoms with Gasteiger partial charge in [0.25, 0.3) is 0 Å². The van der Waals surface area contributed by atoms with Gasteiger partial charge >= 0.3 is 0 Å². The molecular formula is C32H28N6O5. The van der Waals surface area contributed by atoms with E-state index < -0.39 is 23.1 Å². The number of ketones is 2. The first-order chi connectivity index (χ1) is 20.8. The highest BCUT2D eigenvalue weighted by Gasteiger charge is 2.36. The van der Waals surface area contributed by atoms with E-state index in [2.05, 4.69) is 31.9 Å². The van der Waals surface area contributed by atoms with E-state index in [-0.39, 0.29) is 39.2 Å². The summed E-state index contributed by atoms with van der Waals surface area (Å²) in [5, 5.41) is 45.8. The highest BCUT2D eigenvalue weighted by molar-refractivity contribution is 6.31. The maximum Gasteiger partial charge on any atom is 0.200 e. The molecule has 0 unspecified atom stereocenters. The fourth-order valence-corrected chi connectivity index (χ4v) is 4.90. The van der Waals surface area contributed by atoms with Gasteiger partial charge in [-0.1, -0.05) is 42.5 Å². The number of nitriles is 1. The van der Waals surface area contributed by atoms with E-state index in [4.69, 9.17) is 4.74 Å². The summed E-state index contributed by atoms with van der Waals surface area (Å²) in [6.45, 7) is 3.07. The number of hydrogen-bond donors (Lipinski definition) is 4. The summed E-state index contributed by atoms with van der Waals surface area (Å²) in [5.74, 6) is -1.38. The molecule has 11 nitrogen and oxygen atoms in total. The van der Waals surface area contributed by atoms with E-state index in [0.29, 0.717) is 43.3 Å². The smallest absolute Gasteiger partial charge is 0.200 e. The number of aromatic hydroxyl groups is 2. The van der Waals surface area contributed by atoms with Gasteiger partial charge in [0.05, 0.1) is 34.5 Å². The minimum atomic E-state index is -0.668. The molecule has 1 heterocycles. The molecule has 1 aromatic heterocycles. The fourth-order valence-electron chi connectivity index (χ4n) is 4.90. The number of aromatic nitrogens is 1. The monoisotopic (exact) mass is 576 g/mol. The lowest BCUT2D eigenvalue weighted by molar-refractivity contribution is 0.0974. The molecule has 216 valence electrons. The number of carbonyl (C=O) groups is 2. The van der Waals surface area contributed by atoms with Crippen LogP contribution >= 0.6 is 0 Å². The molecule has 0 aliphatic heterocycles. The number of pyridine rings is 1. The molecule has 11 heteroatoms. The van der Waals surface area contributed by atoms with Gasteiger partial charge in [-0.15, -0.1) is 10.2 Å². The van der Waals surface area contributed by atoms with Gasteiger partial charge < -0.3 is 25.6 Å². The number of nitrogens with zero attached hydrogens (tertiary/aromatic N) is 4. The second kappa shape index (κ2) is 12.5. The van der Waals surface area contributed by atoms with Crippen LogP contribution in [-0.2, 0) is 11.2 Å². The molecule has 0 atom stereocenters. The van der Waals surface area contributed by atoms with Crippen LogP contribution in [0, 0.1) is 18.3 Å². The van der Waals surface area contributed by atoms with Gasteiger partial charge in [0.15, 0.2) is 11.6 Å². The summed E-state index contributed by atoms with van der Waals surface area (Å²) < 4.78 is 5.12. The average Bonchev–Trinajstić information content (AvgIpc) is 3.01. The van der Waals surface area contributed by atoms with E-state index in [1.54, 1.807) is 20.1 Å². The average molecular weight is 577 g/mol. The predicted molar refractivity (Wildman–Crippen MR) is 160 cm³/mol. The van der Waals surface area contributed by atoms with Crippen molar-refractivity contribution in [2.75, 3.05) is 37.4 Å². The van der Waals surface area contributed by atoms with E-state index in [9.17, 15) is 25.1 Å². The van der Waals surface area contributed by atoms with Crippen molar-refractivity contribution in [3.63, 3.8) is 0 Å². The largest absolute Gasteiger partial charge is 0.507 e. The van der Waals surface area contributed by atoms with Crippen LogP contribution < -0.4 is 10.6 Å². The number of rotatable bonds is 10. The van der Waals surface area contributed by atoms with E-state index in [1.165, 1.54) is 12.1 Å². The number of carbonyl (C=O) groups excluding carboxylic acids is 2. The van der Waals surface area contributed by atoms with Crippen LogP contribution in [-0.4, -0.2) is 53.6 Å². The number of benzene rings is 3. The molecule has 0 bridgehead atoms. The lowest BCUT2D eigenvalue weighted by Gasteiger charge is -2.20. The zero-order valence-electron chi connectivity index (χ0n) is 23.5. The van der Waals surface area contributed by atoms with E-state index in [1.807, 2.05) is 30.3 Å².